The molecule has 1 aromatic carbocycles. The molecular formula is C13H17N3O5. The van der Waals surface area contributed by atoms with E-state index < -0.39 is 9.85 Å². The molecule has 0 aromatic heterocycles. The Kier molecular flexibility index (Phi) is 4.69. The Bertz CT molecular complexity index is 547. The van der Waals surface area contributed by atoms with Crippen LogP contribution in [0.1, 0.15) is 25.7 Å². The number of rotatable bonds is 5. The van der Waals surface area contributed by atoms with Gasteiger partial charge in [0, 0.05) is 25.3 Å². The standard InChI is InChI=1S/C13H17N3O5/c17-8-6-10-3-1-2-7-14(10)12-5-4-11(15(18)19)9-13(12)16(20)21/h4-5,9-10,17H,1-3,6-8H2. The third-order valence-electron chi connectivity index (χ3n) is 3.77. The fourth-order valence-electron chi connectivity index (χ4n) is 2.78. The molecule has 0 saturated carbocycles. The van der Waals surface area contributed by atoms with E-state index >= 15 is 0 Å². The fraction of sp³-hybridized carbons (Fsp3) is 0.538. The first-order chi connectivity index (χ1) is 10.0. The lowest BCUT2D eigenvalue weighted by Crippen LogP contribution is -2.40. The van der Waals surface area contributed by atoms with Gasteiger partial charge in [0.05, 0.1) is 15.9 Å². The lowest BCUT2D eigenvalue weighted by atomic mass is 9.98. The first kappa shape index (κ1) is 15.2. The summed E-state index contributed by atoms with van der Waals surface area (Å²) in [6.45, 7) is 0.672. The van der Waals surface area contributed by atoms with E-state index in [4.69, 9.17) is 5.11 Å². The number of nitro groups is 2. The summed E-state index contributed by atoms with van der Waals surface area (Å²) in [4.78, 5) is 22.6. The summed E-state index contributed by atoms with van der Waals surface area (Å²) in [5.41, 5.74) is -0.154. The molecule has 0 aliphatic carbocycles. The predicted octanol–water partition coefficient (Wildman–Crippen LogP) is 2.24. The Labute approximate surface area is 121 Å². The number of aliphatic hydroxyl groups is 1. The van der Waals surface area contributed by atoms with Gasteiger partial charge in [0.1, 0.15) is 5.69 Å². The van der Waals surface area contributed by atoms with Gasteiger partial charge in [-0.2, -0.15) is 0 Å². The van der Waals surface area contributed by atoms with E-state index in [0.717, 1.165) is 25.3 Å². The van der Waals surface area contributed by atoms with Crippen LogP contribution in [0.2, 0.25) is 0 Å². The van der Waals surface area contributed by atoms with Crippen LogP contribution in [-0.4, -0.2) is 34.1 Å². The van der Waals surface area contributed by atoms with Crippen molar-refractivity contribution in [1.82, 2.24) is 0 Å². The van der Waals surface area contributed by atoms with Crippen molar-refractivity contribution in [2.24, 2.45) is 0 Å². The molecule has 114 valence electrons. The number of benzene rings is 1. The minimum absolute atomic E-state index is 0.0158. The molecule has 1 fully saturated rings. The van der Waals surface area contributed by atoms with Crippen molar-refractivity contribution in [3.05, 3.63) is 38.4 Å². The summed E-state index contributed by atoms with van der Waals surface area (Å²) < 4.78 is 0. The monoisotopic (exact) mass is 295 g/mol. The Morgan fingerprint density at radius 1 is 1.24 bits per heavy atom. The zero-order chi connectivity index (χ0) is 15.4. The van der Waals surface area contributed by atoms with Crippen LogP contribution in [0.25, 0.3) is 0 Å². The van der Waals surface area contributed by atoms with E-state index in [1.807, 2.05) is 4.90 Å². The van der Waals surface area contributed by atoms with Crippen LogP contribution in [-0.2, 0) is 0 Å². The van der Waals surface area contributed by atoms with Crippen molar-refractivity contribution in [2.45, 2.75) is 31.7 Å². The maximum Gasteiger partial charge on any atom is 0.299 e. The summed E-state index contributed by atoms with van der Waals surface area (Å²) >= 11 is 0. The Hall–Kier alpha value is -2.22. The van der Waals surface area contributed by atoms with E-state index in [9.17, 15) is 20.2 Å². The summed E-state index contributed by atoms with van der Waals surface area (Å²) in [7, 11) is 0. The molecule has 1 aromatic rings. The molecule has 0 bridgehead atoms. The molecule has 1 aliphatic rings. The quantitative estimate of drug-likeness (QED) is 0.659. The van der Waals surface area contributed by atoms with Gasteiger partial charge >= 0.3 is 0 Å². The van der Waals surface area contributed by atoms with Crippen molar-refractivity contribution in [3.63, 3.8) is 0 Å². The number of nitro benzene ring substituents is 2. The van der Waals surface area contributed by atoms with Crippen LogP contribution in [0.15, 0.2) is 18.2 Å². The van der Waals surface area contributed by atoms with Crippen LogP contribution in [0.4, 0.5) is 17.1 Å². The van der Waals surface area contributed by atoms with E-state index in [1.165, 1.54) is 12.1 Å². The van der Waals surface area contributed by atoms with Crippen LogP contribution in [0, 0.1) is 20.2 Å². The lowest BCUT2D eigenvalue weighted by molar-refractivity contribution is -0.393. The topological polar surface area (TPSA) is 110 Å². The van der Waals surface area contributed by atoms with Gasteiger partial charge < -0.3 is 10.0 Å². The molecule has 1 aliphatic heterocycles. The average molecular weight is 295 g/mol. The molecule has 1 heterocycles. The van der Waals surface area contributed by atoms with Crippen LogP contribution < -0.4 is 4.90 Å². The number of non-ortho nitro benzene ring substituents is 1. The number of nitrogens with zero attached hydrogens (tertiary/aromatic N) is 3. The third-order valence-corrected chi connectivity index (χ3v) is 3.77. The van der Waals surface area contributed by atoms with Gasteiger partial charge in [-0.3, -0.25) is 20.2 Å². The van der Waals surface area contributed by atoms with Crippen LogP contribution >= 0.6 is 0 Å². The lowest BCUT2D eigenvalue weighted by Gasteiger charge is -2.36. The highest BCUT2D eigenvalue weighted by molar-refractivity contribution is 5.67. The van der Waals surface area contributed by atoms with Crippen molar-refractivity contribution in [2.75, 3.05) is 18.1 Å². The van der Waals surface area contributed by atoms with Crippen molar-refractivity contribution < 1.29 is 15.0 Å². The highest BCUT2D eigenvalue weighted by atomic mass is 16.6. The second-order valence-electron chi connectivity index (χ2n) is 5.04. The summed E-state index contributed by atoms with van der Waals surface area (Å²) in [5, 5.41) is 31.1. The van der Waals surface area contributed by atoms with Gasteiger partial charge in [-0.1, -0.05) is 0 Å². The predicted molar refractivity (Wildman–Crippen MR) is 76.4 cm³/mol. The minimum Gasteiger partial charge on any atom is -0.396 e. The molecule has 1 atom stereocenters. The van der Waals surface area contributed by atoms with Crippen molar-refractivity contribution in [3.8, 4) is 0 Å². The van der Waals surface area contributed by atoms with E-state index in [0.29, 0.717) is 18.7 Å². The molecule has 1 unspecified atom stereocenters. The largest absolute Gasteiger partial charge is 0.396 e. The highest BCUT2D eigenvalue weighted by Gasteiger charge is 2.29. The Balaban J connectivity index is 2.41. The summed E-state index contributed by atoms with van der Waals surface area (Å²) in [6.07, 6.45) is 3.32. The molecule has 0 amide bonds. The number of piperidine rings is 1. The number of hydrogen-bond donors (Lipinski definition) is 1. The summed E-state index contributed by atoms with van der Waals surface area (Å²) in [5.74, 6) is 0. The smallest absolute Gasteiger partial charge is 0.299 e. The average Bonchev–Trinajstić information content (AvgIpc) is 2.47. The molecule has 2 rings (SSSR count). The van der Waals surface area contributed by atoms with Gasteiger partial charge in [0.25, 0.3) is 11.4 Å². The van der Waals surface area contributed by atoms with Gasteiger partial charge in [-0.25, -0.2) is 0 Å². The third kappa shape index (κ3) is 3.27. The molecule has 1 N–H and O–H groups in total. The molecule has 0 radical (unpaired) electrons. The van der Waals surface area contributed by atoms with Crippen LogP contribution in [0.3, 0.4) is 0 Å². The molecule has 21 heavy (non-hydrogen) atoms. The van der Waals surface area contributed by atoms with Gasteiger partial charge in [-0.15, -0.1) is 0 Å². The normalized spacial score (nSPS) is 18.5. The molecular weight excluding hydrogens is 278 g/mol. The number of aliphatic hydroxyl groups excluding tert-OH is 1. The maximum atomic E-state index is 11.2. The molecule has 8 heteroatoms. The first-order valence-corrected chi connectivity index (χ1v) is 6.85. The number of anilines is 1. The maximum absolute atomic E-state index is 11.2. The fourth-order valence-corrected chi connectivity index (χ4v) is 2.78. The van der Waals surface area contributed by atoms with Gasteiger partial charge in [0.2, 0.25) is 0 Å². The molecule has 1 saturated heterocycles. The molecule has 0 spiro atoms. The van der Waals surface area contributed by atoms with E-state index in [-0.39, 0.29) is 24.0 Å². The zero-order valence-corrected chi connectivity index (χ0v) is 11.5. The SMILES string of the molecule is O=[N+]([O-])c1ccc(N2CCCCC2CCO)c([N+](=O)[O-])c1. The zero-order valence-electron chi connectivity index (χ0n) is 11.5. The second kappa shape index (κ2) is 6.49. The number of hydrogen-bond acceptors (Lipinski definition) is 6. The Morgan fingerprint density at radius 2 is 2.00 bits per heavy atom. The van der Waals surface area contributed by atoms with E-state index in [1.54, 1.807) is 0 Å². The minimum atomic E-state index is -0.641. The van der Waals surface area contributed by atoms with Gasteiger partial charge in [-0.05, 0) is 31.7 Å². The van der Waals surface area contributed by atoms with E-state index in [2.05, 4.69) is 0 Å². The Morgan fingerprint density at radius 3 is 2.62 bits per heavy atom. The van der Waals surface area contributed by atoms with Crippen molar-refractivity contribution in [1.29, 1.82) is 0 Å². The van der Waals surface area contributed by atoms with Gasteiger partial charge in [0.15, 0.2) is 0 Å². The molecule has 8 nitrogen and oxygen atoms in total. The highest BCUT2D eigenvalue weighted by Crippen LogP contribution is 2.36. The summed E-state index contributed by atoms with van der Waals surface area (Å²) in [6, 6.07) is 3.75. The van der Waals surface area contributed by atoms with Crippen molar-refractivity contribution >= 4 is 17.1 Å². The first-order valence-electron chi connectivity index (χ1n) is 6.85. The second-order valence-corrected chi connectivity index (χ2v) is 5.04. The van der Waals surface area contributed by atoms with Crippen LogP contribution in [0.5, 0.6) is 0 Å².